The quantitative estimate of drug-likeness (QED) is 0.437. The van der Waals surface area contributed by atoms with Crippen LogP contribution in [0, 0.1) is 0 Å². The molecule has 1 aromatic heterocycles. The lowest BCUT2D eigenvalue weighted by molar-refractivity contribution is 0.383. The lowest BCUT2D eigenvalue weighted by Gasteiger charge is -2.34. The fourth-order valence-electron chi connectivity index (χ4n) is 4.30. The Bertz CT molecular complexity index is 1330. The van der Waals surface area contributed by atoms with Crippen LogP contribution in [-0.4, -0.2) is 54.9 Å². The Balaban J connectivity index is 1.23. The van der Waals surface area contributed by atoms with E-state index in [9.17, 15) is 8.42 Å². The number of fused-ring (bicyclic) bond motifs is 1. The number of aromatic nitrogens is 2. The Hall–Kier alpha value is -3.29. The third kappa shape index (κ3) is 4.74. The molecule has 0 aliphatic carbocycles. The normalized spacial score (nSPS) is 15.1. The molecule has 0 spiro atoms. The second-order valence-corrected chi connectivity index (χ2v) is 10.3. The van der Waals surface area contributed by atoms with Crippen molar-refractivity contribution in [3.05, 3.63) is 90.5 Å². The molecule has 0 N–H and O–H groups in total. The summed E-state index contributed by atoms with van der Waals surface area (Å²) < 4.78 is 27.2. The standard InChI is InChI=1S/C26H26N4O2S/c31-33(32,20-15-21-7-2-1-3-8-21)30-18-16-29(17-19-30)26-14-13-25(27-28-26)24-12-6-10-22-9-4-5-11-23(22)24/h1-14H,15-20H2. The molecule has 0 bridgehead atoms. The summed E-state index contributed by atoms with van der Waals surface area (Å²) in [6, 6.07) is 28.1. The Kier molecular flexibility index (Phi) is 6.07. The number of anilines is 1. The first-order chi connectivity index (χ1) is 16.1. The Morgan fingerprint density at radius 3 is 2.21 bits per heavy atom. The Labute approximate surface area is 194 Å². The van der Waals surface area contributed by atoms with E-state index in [1.165, 1.54) is 5.39 Å². The molecular formula is C26H26N4O2S. The average Bonchev–Trinajstić information content (AvgIpc) is 2.88. The summed E-state index contributed by atoms with van der Waals surface area (Å²) in [5.41, 5.74) is 2.93. The molecule has 2 heterocycles. The van der Waals surface area contributed by atoms with Gasteiger partial charge in [0.1, 0.15) is 0 Å². The molecule has 3 aromatic carbocycles. The van der Waals surface area contributed by atoms with Gasteiger partial charge in [-0.25, -0.2) is 8.42 Å². The Morgan fingerprint density at radius 2 is 1.45 bits per heavy atom. The Morgan fingerprint density at radius 1 is 0.727 bits per heavy atom. The molecule has 168 valence electrons. The molecular weight excluding hydrogens is 432 g/mol. The maximum atomic E-state index is 12.8. The number of sulfonamides is 1. The molecule has 1 saturated heterocycles. The molecule has 7 heteroatoms. The van der Waals surface area contributed by atoms with Gasteiger partial charge in [-0.15, -0.1) is 10.2 Å². The van der Waals surface area contributed by atoms with Crippen LogP contribution in [0.1, 0.15) is 5.56 Å². The van der Waals surface area contributed by atoms with Gasteiger partial charge in [-0.05, 0) is 34.9 Å². The van der Waals surface area contributed by atoms with Gasteiger partial charge >= 0.3 is 0 Å². The van der Waals surface area contributed by atoms with Crippen molar-refractivity contribution in [2.75, 3.05) is 36.8 Å². The van der Waals surface area contributed by atoms with Crippen molar-refractivity contribution < 1.29 is 8.42 Å². The van der Waals surface area contributed by atoms with Gasteiger partial charge in [0.2, 0.25) is 10.0 Å². The van der Waals surface area contributed by atoms with E-state index in [1.54, 1.807) is 4.31 Å². The van der Waals surface area contributed by atoms with Crippen molar-refractivity contribution in [2.24, 2.45) is 0 Å². The van der Waals surface area contributed by atoms with E-state index in [4.69, 9.17) is 0 Å². The van der Waals surface area contributed by atoms with E-state index in [1.807, 2.05) is 60.7 Å². The zero-order valence-corrected chi connectivity index (χ0v) is 19.2. The van der Waals surface area contributed by atoms with E-state index in [2.05, 4.69) is 39.4 Å². The monoisotopic (exact) mass is 458 g/mol. The summed E-state index contributed by atoms with van der Waals surface area (Å²) in [6.07, 6.45) is 0.532. The first-order valence-corrected chi connectivity index (χ1v) is 12.8. The van der Waals surface area contributed by atoms with E-state index >= 15 is 0 Å². The van der Waals surface area contributed by atoms with Crippen LogP contribution < -0.4 is 4.90 Å². The SMILES string of the molecule is O=S(=O)(CCc1ccccc1)N1CCN(c2ccc(-c3cccc4ccccc34)nn2)CC1. The molecule has 33 heavy (non-hydrogen) atoms. The van der Waals surface area contributed by atoms with Crippen molar-refractivity contribution in [3.63, 3.8) is 0 Å². The third-order valence-corrected chi connectivity index (χ3v) is 8.04. The van der Waals surface area contributed by atoms with Crippen molar-refractivity contribution in [2.45, 2.75) is 6.42 Å². The van der Waals surface area contributed by atoms with E-state index in [0.717, 1.165) is 28.0 Å². The molecule has 1 fully saturated rings. The van der Waals surface area contributed by atoms with Crippen LogP contribution in [-0.2, 0) is 16.4 Å². The highest BCUT2D eigenvalue weighted by atomic mass is 32.2. The molecule has 0 amide bonds. The van der Waals surface area contributed by atoms with E-state index in [-0.39, 0.29) is 5.75 Å². The molecule has 4 aromatic rings. The maximum absolute atomic E-state index is 12.8. The van der Waals surface area contributed by atoms with Crippen LogP contribution in [0.2, 0.25) is 0 Å². The minimum Gasteiger partial charge on any atom is -0.352 e. The van der Waals surface area contributed by atoms with Gasteiger partial charge in [0, 0.05) is 31.7 Å². The zero-order chi connectivity index (χ0) is 22.7. The highest BCUT2D eigenvalue weighted by Gasteiger charge is 2.27. The molecule has 0 unspecified atom stereocenters. The van der Waals surface area contributed by atoms with Gasteiger partial charge in [0.05, 0.1) is 11.4 Å². The van der Waals surface area contributed by atoms with Gasteiger partial charge in [-0.3, -0.25) is 0 Å². The fraction of sp³-hybridized carbons (Fsp3) is 0.231. The minimum absolute atomic E-state index is 0.135. The highest BCUT2D eigenvalue weighted by molar-refractivity contribution is 7.89. The first kappa shape index (κ1) is 21.6. The summed E-state index contributed by atoms with van der Waals surface area (Å²) in [5, 5.41) is 11.3. The number of nitrogens with zero attached hydrogens (tertiary/aromatic N) is 4. The van der Waals surface area contributed by atoms with Gasteiger partial charge in [-0.2, -0.15) is 4.31 Å². The zero-order valence-electron chi connectivity index (χ0n) is 18.3. The largest absolute Gasteiger partial charge is 0.352 e. The maximum Gasteiger partial charge on any atom is 0.214 e. The van der Waals surface area contributed by atoms with Gasteiger partial charge in [-0.1, -0.05) is 72.8 Å². The number of benzene rings is 3. The first-order valence-electron chi connectivity index (χ1n) is 11.2. The second-order valence-electron chi connectivity index (χ2n) is 8.24. The second kappa shape index (κ2) is 9.29. The smallest absolute Gasteiger partial charge is 0.214 e. The van der Waals surface area contributed by atoms with E-state index < -0.39 is 10.0 Å². The molecule has 1 aliphatic heterocycles. The van der Waals surface area contributed by atoms with Crippen molar-refractivity contribution in [1.82, 2.24) is 14.5 Å². The summed E-state index contributed by atoms with van der Waals surface area (Å²) in [4.78, 5) is 2.10. The summed E-state index contributed by atoms with van der Waals surface area (Å²) >= 11 is 0. The van der Waals surface area contributed by atoms with Gasteiger partial charge in [0.15, 0.2) is 5.82 Å². The number of hydrogen-bond acceptors (Lipinski definition) is 5. The van der Waals surface area contributed by atoms with Crippen LogP contribution >= 0.6 is 0 Å². The molecule has 0 radical (unpaired) electrons. The summed E-state index contributed by atoms with van der Waals surface area (Å²) in [7, 11) is -3.28. The highest BCUT2D eigenvalue weighted by Crippen LogP contribution is 2.27. The van der Waals surface area contributed by atoms with Crippen LogP contribution in [0.25, 0.3) is 22.0 Å². The summed E-state index contributed by atoms with van der Waals surface area (Å²) in [5.74, 6) is 0.914. The predicted octanol–water partition coefficient (Wildman–Crippen LogP) is 3.99. The lowest BCUT2D eigenvalue weighted by Crippen LogP contribution is -2.49. The fourth-order valence-corrected chi connectivity index (χ4v) is 5.77. The van der Waals surface area contributed by atoms with Crippen molar-refractivity contribution >= 4 is 26.6 Å². The van der Waals surface area contributed by atoms with Crippen LogP contribution in [0.3, 0.4) is 0 Å². The van der Waals surface area contributed by atoms with Crippen LogP contribution in [0.15, 0.2) is 84.9 Å². The average molecular weight is 459 g/mol. The van der Waals surface area contributed by atoms with Crippen molar-refractivity contribution in [1.29, 1.82) is 0 Å². The van der Waals surface area contributed by atoms with E-state index in [0.29, 0.717) is 32.6 Å². The number of piperazine rings is 1. The van der Waals surface area contributed by atoms with Gasteiger partial charge in [0.25, 0.3) is 0 Å². The minimum atomic E-state index is -3.28. The van der Waals surface area contributed by atoms with Crippen LogP contribution in [0.5, 0.6) is 0 Å². The predicted molar refractivity (Wildman–Crippen MR) is 133 cm³/mol. The molecule has 5 rings (SSSR count). The van der Waals surface area contributed by atoms with Crippen LogP contribution in [0.4, 0.5) is 5.82 Å². The molecule has 6 nitrogen and oxygen atoms in total. The number of aryl methyl sites for hydroxylation is 1. The molecule has 0 saturated carbocycles. The topological polar surface area (TPSA) is 66.4 Å². The van der Waals surface area contributed by atoms with Gasteiger partial charge < -0.3 is 4.90 Å². The lowest BCUT2D eigenvalue weighted by atomic mass is 10.0. The van der Waals surface area contributed by atoms with Crippen molar-refractivity contribution in [3.8, 4) is 11.3 Å². The third-order valence-electron chi connectivity index (χ3n) is 6.16. The molecule has 1 aliphatic rings. The number of hydrogen-bond donors (Lipinski definition) is 0. The molecule has 0 atom stereocenters. The number of rotatable bonds is 6. The summed E-state index contributed by atoms with van der Waals surface area (Å²) in [6.45, 7) is 2.13.